The van der Waals surface area contributed by atoms with Gasteiger partial charge < -0.3 is 0 Å². The topological polar surface area (TPSA) is 0 Å². The monoisotopic (exact) mass is 144 g/mol. The molecule has 0 saturated carbocycles. The maximum absolute atomic E-state index is 11.7. The summed E-state index contributed by atoms with van der Waals surface area (Å²) in [6.07, 6.45) is -7.01. The highest BCUT2D eigenvalue weighted by Crippen LogP contribution is 2.22. The van der Waals surface area contributed by atoms with Gasteiger partial charge in [-0.15, -0.1) is 0 Å². The average molecular weight is 144 g/mol. The molecule has 0 aliphatic rings. The van der Waals surface area contributed by atoms with Crippen molar-refractivity contribution in [2.75, 3.05) is 0 Å². The highest BCUT2D eigenvalue weighted by Gasteiger charge is 2.27. The lowest BCUT2D eigenvalue weighted by Crippen LogP contribution is -2.09. The van der Waals surface area contributed by atoms with Crippen LogP contribution in [0.1, 0.15) is 19.8 Å². The summed E-state index contributed by atoms with van der Waals surface area (Å²) in [4.78, 5) is 0. The van der Waals surface area contributed by atoms with Crippen molar-refractivity contribution in [1.82, 2.24) is 0 Å². The fourth-order valence-corrected chi connectivity index (χ4v) is 0.363. The molecule has 56 valence electrons. The van der Waals surface area contributed by atoms with E-state index in [1.807, 2.05) is 0 Å². The molecule has 0 nitrogen and oxygen atoms in total. The molecular formula is C5H8F4. The van der Waals surface area contributed by atoms with E-state index in [1.165, 1.54) is 0 Å². The number of hydrogen-bond acceptors (Lipinski definition) is 0. The van der Waals surface area contributed by atoms with Crippen LogP contribution < -0.4 is 0 Å². The first-order valence-electron chi connectivity index (χ1n) is 2.62. The van der Waals surface area contributed by atoms with Gasteiger partial charge in [0.1, 0.15) is 0 Å². The smallest absolute Gasteiger partial charge is 0.248 e. The Kier molecular flexibility index (Phi) is 2.94. The highest BCUT2D eigenvalue weighted by molar-refractivity contribution is 4.54. The van der Waals surface area contributed by atoms with Crippen LogP contribution >= 0.6 is 0 Å². The van der Waals surface area contributed by atoms with Crippen molar-refractivity contribution >= 4 is 0 Å². The van der Waals surface area contributed by atoms with Crippen LogP contribution in [0.4, 0.5) is 17.6 Å². The minimum atomic E-state index is -4.21. The van der Waals surface area contributed by atoms with Crippen molar-refractivity contribution < 1.29 is 17.6 Å². The van der Waals surface area contributed by atoms with Gasteiger partial charge in [-0.05, 0) is 13.3 Å². The van der Waals surface area contributed by atoms with Crippen LogP contribution in [0.15, 0.2) is 0 Å². The van der Waals surface area contributed by atoms with Crippen LogP contribution in [0.5, 0.6) is 0 Å². The third kappa shape index (κ3) is 7.72. The Labute approximate surface area is 50.9 Å². The van der Waals surface area contributed by atoms with E-state index in [0.717, 1.165) is 6.92 Å². The van der Waals surface area contributed by atoms with Crippen LogP contribution in [0.3, 0.4) is 0 Å². The average Bonchev–Trinajstić information content (AvgIpc) is 1.59. The molecule has 0 bridgehead atoms. The molecule has 0 heterocycles. The normalized spacial score (nSPS) is 15.7. The van der Waals surface area contributed by atoms with Crippen molar-refractivity contribution in [2.24, 2.45) is 0 Å². The predicted molar refractivity (Wildman–Crippen MR) is 25.9 cm³/mol. The molecule has 0 aromatic rings. The van der Waals surface area contributed by atoms with Crippen molar-refractivity contribution in [1.29, 1.82) is 0 Å². The maximum Gasteiger partial charge on any atom is 0.389 e. The summed E-state index contributed by atoms with van der Waals surface area (Å²) in [5.41, 5.74) is 0. The fourth-order valence-electron chi connectivity index (χ4n) is 0.363. The molecule has 0 fully saturated rings. The Hall–Kier alpha value is -0.280. The number of halogens is 4. The molecule has 0 amide bonds. The van der Waals surface area contributed by atoms with Gasteiger partial charge in [-0.1, -0.05) is 0 Å². The van der Waals surface area contributed by atoms with E-state index in [4.69, 9.17) is 0 Å². The molecule has 0 radical (unpaired) electrons. The molecular weight excluding hydrogens is 136 g/mol. The summed E-state index contributed by atoms with van der Waals surface area (Å²) in [5, 5.41) is 0. The van der Waals surface area contributed by atoms with Crippen LogP contribution in [0.2, 0.25) is 0 Å². The second-order valence-corrected chi connectivity index (χ2v) is 1.93. The zero-order valence-electron chi connectivity index (χ0n) is 5.00. The molecule has 1 unspecified atom stereocenters. The Balaban J connectivity index is 3.28. The van der Waals surface area contributed by atoms with Gasteiger partial charge in [0, 0.05) is 6.42 Å². The lowest BCUT2D eigenvalue weighted by molar-refractivity contribution is -0.137. The minimum absolute atomic E-state index is 0.427. The van der Waals surface area contributed by atoms with E-state index in [9.17, 15) is 17.6 Å². The first kappa shape index (κ1) is 8.72. The SMILES string of the molecule is CC(F)CCC(F)(F)F. The molecule has 0 aliphatic carbocycles. The summed E-state index contributed by atoms with van der Waals surface area (Å²) < 4.78 is 45.5. The summed E-state index contributed by atoms with van der Waals surface area (Å²) >= 11 is 0. The van der Waals surface area contributed by atoms with Gasteiger partial charge in [-0.2, -0.15) is 13.2 Å². The van der Waals surface area contributed by atoms with E-state index < -0.39 is 25.2 Å². The van der Waals surface area contributed by atoms with Gasteiger partial charge in [0.25, 0.3) is 0 Å². The first-order chi connectivity index (χ1) is 3.92. The lowest BCUT2D eigenvalue weighted by atomic mass is 10.2. The van der Waals surface area contributed by atoms with Crippen LogP contribution in [-0.2, 0) is 0 Å². The summed E-state index contributed by atoms with van der Waals surface area (Å²) in [6.45, 7) is 1.12. The van der Waals surface area contributed by atoms with Crippen molar-refractivity contribution in [3.8, 4) is 0 Å². The van der Waals surface area contributed by atoms with Gasteiger partial charge in [-0.25, -0.2) is 4.39 Å². The van der Waals surface area contributed by atoms with Crippen LogP contribution in [-0.4, -0.2) is 12.3 Å². The van der Waals surface area contributed by atoms with Gasteiger partial charge in [0.2, 0.25) is 0 Å². The second-order valence-electron chi connectivity index (χ2n) is 1.93. The highest BCUT2D eigenvalue weighted by atomic mass is 19.4. The summed E-state index contributed by atoms with van der Waals surface area (Å²) in [7, 11) is 0. The van der Waals surface area contributed by atoms with E-state index in [1.54, 1.807) is 0 Å². The molecule has 0 spiro atoms. The van der Waals surface area contributed by atoms with Crippen LogP contribution in [0.25, 0.3) is 0 Å². The Morgan fingerprint density at radius 2 is 1.78 bits per heavy atom. The van der Waals surface area contributed by atoms with Gasteiger partial charge in [0.05, 0.1) is 6.17 Å². The van der Waals surface area contributed by atoms with Crippen molar-refractivity contribution in [3.63, 3.8) is 0 Å². The van der Waals surface area contributed by atoms with Crippen molar-refractivity contribution in [3.05, 3.63) is 0 Å². The standard InChI is InChI=1S/C5H8F4/c1-4(6)2-3-5(7,8)9/h4H,2-3H2,1H3. The van der Waals surface area contributed by atoms with E-state index in [-0.39, 0.29) is 0 Å². The molecule has 0 saturated heterocycles. The summed E-state index contributed by atoms with van der Waals surface area (Å²) in [6, 6.07) is 0. The third-order valence-corrected chi connectivity index (χ3v) is 0.826. The zero-order chi connectivity index (χ0) is 7.49. The van der Waals surface area contributed by atoms with Gasteiger partial charge >= 0.3 is 6.18 Å². The predicted octanol–water partition coefficient (Wildman–Crippen LogP) is 2.69. The Morgan fingerprint density at radius 3 is 1.89 bits per heavy atom. The maximum atomic E-state index is 11.7. The molecule has 0 aromatic heterocycles. The molecule has 1 atom stereocenters. The molecule has 4 heteroatoms. The molecule has 0 N–H and O–H groups in total. The largest absolute Gasteiger partial charge is 0.389 e. The Morgan fingerprint density at radius 1 is 1.33 bits per heavy atom. The molecule has 0 aliphatic heterocycles. The molecule has 0 aromatic carbocycles. The number of hydrogen-bond donors (Lipinski definition) is 0. The Bertz CT molecular complexity index is 73.5. The zero-order valence-corrected chi connectivity index (χ0v) is 5.00. The molecule has 0 rings (SSSR count). The van der Waals surface area contributed by atoms with Gasteiger partial charge in [-0.3, -0.25) is 0 Å². The minimum Gasteiger partial charge on any atom is -0.248 e. The lowest BCUT2D eigenvalue weighted by Gasteiger charge is -2.05. The number of alkyl halides is 4. The van der Waals surface area contributed by atoms with Crippen LogP contribution in [0, 0.1) is 0 Å². The molecule has 9 heavy (non-hydrogen) atoms. The van der Waals surface area contributed by atoms with Crippen molar-refractivity contribution in [2.45, 2.75) is 32.1 Å². The first-order valence-corrected chi connectivity index (χ1v) is 2.62. The quantitative estimate of drug-likeness (QED) is 0.522. The summed E-state index contributed by atoms with van der Waals surface area (Å²) in [5.74, 6) is 0. The van der Waals surface area contributed by atoms with Gasteiger partial charge in [0.15, 0.2) is 0 Å². The fraction of sp³-hybridized carbons (Fsp3) is 1.00. The second kappa shape index (κ2) is 3.03. The van der Waals surface area contributed by atoms with E-state index >= 15 is 0 Å². The third-order valence-electron chi connectivity index (χ3n) is 0.826. The van der Waals surface area contributed by atoms with E-state index in [2.05, 4.69) is 0 Å². The van der Waals surface area contributed by atoms with E-state index in [0.29, 0.717) is 0 Å². The number of rotatable bonds is 2.